The third-order valence-electron chi connectivity index (χ3n) is 3.47. The minimum Gasteiger partial charge on any atom is -0.384 e. The summed E-state index contributed by atoms with van der Waals surface area (Å²) >= 11 is 0. The average molecular weight is 319 g/mol. The Kier molecular flexibility index (Phi) is 5.01. The molecule has 0 bridgehead atoms. The Bertz CT molecular complexity index is 725. The molecule has 0 aromatic heterocycles. The van der Waals surface area contributed by atoms with Crippen LogP contribution in [0.3, 0.4) is 0 Å². The van der Waals surface area contributed by atoms with Crippen molar-refractivity contribution in [3.05, 3.63) is 71.3 Å². The Hall–Kier alpha value is -1.69. The summed E-state index contributed by atoms with van der Waals surface area (Å²) in [4.78, 5) is 0. The molecule has 0 aliphatic heterocycles. The minimum absolute atomic E-state index is 0.0643. The molecule has 1 unspecified atom stereocenters. The molecule has 0 aliphatic rings. The van der Waals surface area contributed by atoms with Crippen molar-refractivity contribution in [1.82, 2.24) is 4.72 Å². The van der Waals surface area contributed by atoms with E-state index in [1.807, 2.05) is 43.3 Å². The van der Waals surface area contributed by atoms with Crippen molar-refractivity contribution in [2.24, 2.45) is 0 Å². The normalized spacial score (nSPS) is 14.5. The fourth-order valence-electron chi connectivity index (χ4n) is 2.22. The van der Waals surface area contributed by atoms with Crippen molar-refractivity contribution < 1.29 is 13.5 Å². The van der Waals surface area contributed by atoms with E-state index in [4.69, 9.17) is 0 Å². The van der Waals surface area contributed by atoms with Crippen molar-refractivity contribution in [2.45, 2.75) is 25.2 Å². The van der Waals surface area contributed by atoms with E-state index >= 15 is 0 Å². The van der Waals surface area contributed by atoms with Gasteiger partial charge in [-0.1, -0.05) is 60.2 Å². The molecule has 0 aliphatic carbocycles. The molecular formula is C17H21NO3S. The highest BCUT2D eigenvalue weighted by atomic mass is 32.2. The molecular weight excluding hydrogens is 298 g/mol. The van der Waals surface area contributed by atoms with E-state index in [1.54, 1.807) is 25.1 Å². The number of hydrogen-bond acceptors (Lipinski definition) is 3. The first-order valence-electron chi connectivity index (χ1n) is 7.09. The molecule has 2 N–H and O–H groups in total. The van der Waals surface area contributed by atoms with Crippen LogP contribution in [0.2, 0.25) is 0 Å². The van der Waals surface area contributed by atoms with E-state index in [0.717, 1.165) is 11.1 Å². The smallest absolute Gasteiger partial charge is 0.215 e. The third-order valence-corrected chi connectivity index (χ3v) is 4.77. The molecule has 5 heteroatoms. The predicted octanol–water partition coefficient (Wildman–Crippen LogP) is 2.32. The van der Waals surface area contributed by atoms with Crippen LogP contribution in [-0.2, 0) is 21.4 Å². The second-order valence-electron chi connectivity index (χ2n) is 5.71. The van der Waals surface area contributed by atoms with Gasteiger partial charge in [-0.3, -0.25) is 0 Å². The first-order valence-corrected chi connectivity index (χ1v) is 8.74. The Morgan fingerprint density at radius 1 is 1.09 bits per heavy atom. The van der Waals surface area contributed by atoms with Gasteiger partial charge in [0.05, 0.1) is 5.75 Å². The zero-order chi connectivity index (χ0) is 16.2. The van der Waals surface area contributed by atoms with E-state index < -0.39 is 15.6 Å². The van der Waals surface area contributed by atoms with Crippen molar-refractivity contribution in [2.75, 3.05) is 6.54 Å². The number of hydrogen-bond donors (Lipinski definition) is 2. The molecule has 0 spiro atoms. The molecule has 1 atom stereocenters. The number of aliphatic hydroxyl groups is 1. The number of sulfonamides is 1. The summed E-state index contributed by atoms with van der Waals surface area (Å²) in [6.07, 6.45) is 0. The SMILES string of the molecule is Cc1cccc(CS(=O)(=O)NCC(C)(O)c2ccccc2)c1. The molecule has 0 amide bonds. The first kappa shape index (κ1) is 16.7. The lowest BCUT2D eigenvalue weighted by molar-refractivity contribution is 0.0627. The summed E-state index contributed by atoms with van der Waals surface area (Å²) in [5.74, 6) is -0.0977. The molecule has 118 valence electrons. The molecule has 4 nitrogen and oxygen atoms in total. The second-order valence-corrected chi connectivity index (χ2v) is 7.52. The van der Waals surface area contributed by atoms with Crippen molar-refractivity contribution >= 4 is 10.0 Å². The molecule has 22 heavy (non-hydrogen) atoms. The third kappa shape index (κ3) is 4.66. The van der Waals surface area contributed by atoms with Gasteiger partial charge in [-0.2, -0.15) is 0 Å². The molecule has 0 heterocycles. The maximum absolute atomic E-state index is 12.2. The van der Waals surface area contributed by atoms with Crippen LogP contribution in [-0.4, -0.2) is 20.1 Å². The summed E-state index contributed by atoms with van der Waals surface area (Å²) in [7, 11) is -3.50. The summed E-state index contributed by atoms with van der Waals surface area (Å²) in [5.41, 5.74) is 1.17. The van der Waals surface area contributed by atoms with Crippen LogP contribution in [0.5, 0.6) is 0 Å². The van der Waals surface area contributed by atoms with Gasteiger partial charge in [0.2, 0.25) is 10.0 Å². The maximum Gasteiger partial charge on any atom is 0.215 e. The van der Waals surface area contributed by atoms with Crippen LogP contribution in [0, 0.1) is 6.92 Å². The van der Waals surface area contributed by atoms with Gasteiger partial charge in [-0.05, 0) is 25.0 Å². The van der Waals surface area contributed by atoms with Crippen LogP contribution in [0.4, 0.5) is 0 Å². The van der Waals surface area contributed by atoms with E-state index in [-0.39, 0.29) is 12.3 Å². The Balaban J connectivity index is 2.03. The first-order chi connectivity index (χ1) is 10.3. The van der Waals surface area contributed by atoms with Crippen molar-refractivity contribution in [1.29, 1.82) is 0 Å². The van der Waals surface area contributed by atoms with Crippen molar-refractivity contribution in [3.63, 3.8) is 0 Å². The highest BCUT2D eigenvalue weighted by Gasteiger charge is 2.25. The number of rotatable bonds is 6. The fourth-order valence-corrected chi connectivity index (χ4v) is 3.44. The summed E-state index contributed by atoms with van der Waals surface area (Å²) in [6, 6.07) is 16.4. The largest absolute Gasteiger partial charge is 0.384 e. The van der Waals surface area contributed by atoms with Crippen molar-refractivity contribution in [3.8, 4) is 0 Å². The zero-order valence-corrected chi connectivity index (χ0v) is 13.6. The quantitative estimate of drug-likeness (QED) is 0.859. The average Bonchev–Trinajstić information content (AvgIpc) is 2.46. The number of benzene rings is 2. The molecule has 0 saturated carbocycles. The van der Waals surface area contributed by atoms with Gasteiger partial charge in [-0.25, -0.2) is 13.1 Å². The fraction of sp³-hybridized carbons (Fsp3) is 0.294. The van der Waals surface area contributed by atoms with Gasteiger partial charge in [0.15, 0.2) is 0 Å². The van der Waals surface area contributed by atoms with E-state index in [2.05, 4.69) is 4.72 Å². The molecule has 0 fully saturated rings. The summed E-state index contributed by atoms with van der Waals surface area (Å²) in [6.45, 7) is 3.45. The van der Waals surface area contributed by atoms with E-state index in [1.165, 1.54) is 0 Å². The Morgan fingerprint density at radius 2 is 1.77 bits per heavy atom. The highest BCUT2D eigenvalue weighted by Crippen LogP contribution is 2.19. The maximum atomic E-state index is 12.2. The lowest BCUT2D eigenvalue weighted by Crippen LogP contribution is -2.39. The van der Waals surface area contributed by atoms with Crippen LogP contribution in [0.1, 0.15) is 23.6 Å². The Labute approximate surface area is 131 Å². The van der Waals surface area contributed by atoms with Crippen LogP contribution < -0.4 is 4.72 Å². The summed E-state index contributed by atoms with van der Waals surface area (Å²) < 4.78 is 26.8. The summed E-state index contributed by atoms with van der Waals surface area (Å²) in [5, 5.41) is 10.4. The van der Waals surface area contributed by atoms with Crippen LogP contribution in [0.25, 0.3) is 0 Å². The van der Waals surface area contributed by atoms with Crippen LogP contribution in [0.15, 0.2) is 54.6 Å². The predicted molar refractivity (Wildman–Crippen MR) is 87.8 cm³/mol. The van der Waals surface area contributed by atoms with Gasteiger partial charge >= 0.3 is 0 Å². The second kappa shape index (κ2) is 6.60. The van der Waals surface area contributed by atoms with Gasteiger partial charge in [0, 0.05) is 6.54 Å². The Morgan fingerprint density at radius 3 is 2.41 bits per heavy atom. The van der Waals surface area contributed by atoms with Gasteiger partial charge in [-0.15, -0.1) is 0 Å². The molecule has 2 rings (SSSR count). The molecule has 0 radical (unpaired) electrons. The molecule has 0 saturated heterocycles. The zero-order valence-electron chi connectivity index (χ0n) is 12.8. The number of nitrogens with one attached hydrogen (secondary N) is 1. The minimum atomic E-state index is -3.50. The van der Waals surface area contributed by atoms with E-state index in [0.29, 0.717) is 5.56 Å². The monoisotopic (exact) mass is 319 g/mol. The molecule has 2 aromatic rings. The lowest BCUT2D eigenvalue weighted by Gasteiger charge is -2.24. The van der Waals surface area contributed by atoms with Gasteiger partial charge < -0.3 is 5.11 Å². The van der Waals surface area contributed by atoms with E-state index in [9.17, 15) is 13.5 Å². The van der Waals surface area contributed by atoms with Crippen LogP contribution >= 0.6 is 0 Å². The molecule has 2 aromatic carbocycles. The highest BCUT2D eigenvalue weighted by molar-refractivity contribution is 7.88. The lowest BCUT2D eigenvalue weighted by atomic mass is 9.97. The number of aryl methyl sites for hydroxylation is 1. The van der Waals surface area contributed by atoms with Gasteiger partial charge in [0.1, 0.15) is 5.60 Å². The topological polar surface area (TPSA) is 66.4 Å². The standard InChI is InChI=1S/C17H21NO3S/c1-14-7-6-8-15(11-14)12-22(20,21)18-13-17(2,19)16-9-4-3-5-10-16/h3-11,18-19H,12-13H2,1-2H3. The van der Waals surface area contributed by atoms with Gasteiger partial charge in [0.25, 0.3) is 0 Å².